The molecule has 2 aliphatic heterocycles. The van der Waals surface area contributed by atoms with Gasteiger partial charge in [0.05, 0.1) is 23.9 Å². The molecule has 0 radical (unpaired) electrons. The highest BCUT2D eigenvalue weighted by Crippen LogP contribution is 2.30. The summed E-state index contributed by atoms with van der Waals surface area (Å²) in [6.45, 7) is 1.48. The molecular weight excluding hydrogens is 482 g/mol. The molecule has 0 bridgehead atoms. The van der Waals surface area contributed by atoms with Crippen molar-refractivity contribution in [2.45, 2.75) is 12.5 Å². The summed E-state index contributed by atoms with van der Waals surface area (Å²) in [4.78, 5) is 28.7. The second-order valence-electron chi connectivity index (χ2n) is 7.84. The van der Waals surface area contributed by atoms with Crippen molar-refractivity contribution < 1.29 is 13.6 Å². The van der Waals surface area contributed by atoms with E-state index in [1.165, 1.54) is 17.4 Å². The Morgan fingerprint density at radius 2 is 1.94 bits per heavy atom. The lowest BCUT2D eigenvalue weighted by atomic mass is 10.0. The van der Waals surface area contributed by atoms with Gasteiger partial charge in [-0.15, -0.1) is 5.10 Å². The summed E-state index contributed by atoms with van der Waals surface area (Å²) in [6, 6.07) is 5.11. The molecule has 1 saturated heterocycles. The molecule has 11 nitrogen and oxygen atoms in total. The van der Waals surface area contributed by atoms with Gasteiger partial charge in [-0.2, -0.15) is 20.0 Å². The van der Waals surface area contributed by atoms with Crippen LogP contribution in [0.25, 0.3) is 5.82 Å². The number of piperazine rings is 1. The maximum absolute atomic E-state index is 14.2. The largest absolute Gasteiger partial charge is 0.341 e. The third-order valence-corrected chi connectivity index (χ3v) is 5.86. The average Bonchev–Trinajstić information content (AvgIpc) is 3.53. The predicted molar refractivity (Wildman–Crippen MR) is 120 cm³/mol. The Morgan fingerprint density at radius 3 is 2.66 bits per heavy atom. The van der Waals surface area contributed by atoms with Crippen molar-refractivity contribution in [2.24, 2.45) is 5.10 Å². The maximum Gasteiger partial charge on any atom is 0.341 e. The standard InChI is InChI=1S/C21H17ClF2N10O/c22-19-27-12-33(30-19)18-16(24)11-26-20(29-18)31-3-5-32(6-4-31)21(35)34-17(1-2-28-34)14-7-13(10-25)8-15(23)9-14/h2,7-9,11-12,17H,1,3-6H2/t17-/m0/s1. The van der Waals surface area contributed by atoms with Gasteiger partial charge in [0, 0.05) is 38.8 Å². The lowest BCUT2D eigenvalue weighted by Gasteiger charge is -2.37. The SMILES string of the molecule is N#Cc1cc(F)cc([C@@H]2CC=NN2C(=O)N2CCN(c3ncc(F)c(-n4cnc(Cl)n4)n3)CC2)c1. The van der Waals surface area contributed by atoms with Gasteiger partial charge >= 0.3 is 6.03 Å². The van der Waals surface area contributed by atoms with Crippen molar-refractivity contribution in [3.05, 3.63) is 58.8 Å². The van der Waals surface area contributed by atoms with Crippen molar-refractivity contribution in [1.29, 1.82) is 5.26 Å². The first-order valence-corrected chi connectivity index (χ1v) is 11.0. The highest BCUT2D eigenvalue weighted by molar-refractivity contribution is 6.28. The van der Waals surface area contributed by atoms with Crippen LogP contribution in [0.5, 0.6) is 0 Å². The summed E-state index contributed by atoms with van der Waals surface area (Å²) in [5.41, 5.74) is 0.686. The Bertz CT molecular complexity index is 1350. The molecule has 178 valence electrons. The van der Waals surface area contributed by atoms with Gasteiger partial charge in [-0.3, -0.25) is 0 Å². The average molecular weight is 499 g/mol. The number of hydrogen-bond donors (Lipinski definition) is 0. The Morgan fingerprint density at radius 1 is 1.14 bits per heavy atom. The van der Waals surface area contributed by atoms with E-state index < -0.39 is 17.7 Å². The minimum absolute atomic E-state index is 0.0401. The number of hydrazone groups is 1. The predicted octanol–water partition coefficient (Wildman–Crippen LogP) is 2.54. The molecule has 2 amide bonds. The molecule has 4 heterocycles. The van der Waals surface area contributed by atoms with Gasteiger partial charge in [0.1, 0.15) is 12.1 Å². The van der Waals surface area contributed by atoms with E-state index in [0.29, 0.717) is 38.2 Å². The third-order valence-electron chi connectivity index (χ3n) is 5.69. The molecule has 35 heavy (non-hydrogen) atoms. The molecule has 2 aliphatic rings. The number of benzene rings is 1. The van der Waals surface area contributed by atoms with E-state index in [-0.39, 0.29) is 28.6 Å². The molecule has 1 atom stereocenters. The molecule has 0 spiro atoms. The monoisotopic (exact) mass is 498 g/mol. The zero-order valence-corrected chi connectivity index (χ0v) is 18.8. The number of carbonyl (C=O) groups excluding carboxylic acids is 1. The smallest absolute Gasteiger partial charge is 0.337 e. The molecule has 1 fully saturated rings. The molecule has 14 heteroatoms. The van der Waals surface area contributed by atoms with Crippen LogP contribution in [0.4, 0.5) is 19.5 Å². The molecule has 0 N–H and O–H groups in total. The number of rotatable bonds is 3. The zero-order chi connectivity index (χ0) is 24.5. The van der Waals surface area contributed by atoms with E-state index >= 15 is 0 Å². The van der Waals surface area contributed by atoms with Gasteiger partial charge in [-0.1, -0.05) is 0 Å². The number of urea groups is 1. The number of nitrogens with zero attached hydrogens (tertiary/aromatic N) is 10. The van der Waals surface area contributed by atoms with Crippen molar-refractivity contribution >= 4 is 29.8 Å². The molecule has 0 aliphatic carbocycles. The Kier molecular flexibility index (Phi) is 5.96. The molecule has 1 aromatic carbocycles. The van der Waals surface area contributed by atoms with Gasteiger partial charge in [-0.05, 0) is 35.4 Å². The molecule has 2 aromatic heterocycles. The summed E-state index contributed by atoms with van der Waals surface area (Å²) >= 11 is 5.72. The van der Waals surface area contributed by atoms with Gasteiger partial charge in [0.25, 0.3) is 0 Å². The summed E-state index contributed by atoms with van der Waals surface area (Å²) < 4.78 is 29.3. The normalized spacial score (nSPS) is 17.7. The fourth-order valence-electron chi connectivity index (χ4n) is 3.99. The Hall–Kier alpha value is -4.18. The summed E-state index contributed by atoms with van der Waals surface area (Å²) in [5, 5.41) is 18.5. The fraction of sp³-hybridized carbons (Fsp3) is 0.286. The van der Waals surface area contributed by atoms with Gasteiger partial charge in [-0.25, -0.2) is 28.6 Å². The minimum Gasteiger partial charge on any atom is -0.337 e. The number of amides is 2. The van der Waals surface area contributed by atoms with E-state index in [9.17, 15) is 13.6 Å². The van der Waals surface area contributed by atoms with E-state index in [2.05, 4.69) is 25.2 Å². The van der Waals surface area contributed by atoms with Crippen LogP contribution >= 0.6 is 11.6 Å². The second kappa shape index (κ2) is 9.22. The van der Waals surface area contributed by atoms with E-state index in [1.54, 1.807) is 17.2 Å². The highest BCUT2D eigenvalue weighted by Gasteiger charge is 2.34. The topological polar surface area (TPSA) is 119 Å². The number of halogens is 3. The van der Waals surface area contributed by atoms with E-state index in [0.717, 1.165) is 16.9 Å². The fourth-order valence-corrected chi connectivity index (χ4v) is 4.12. The number of aromatic nitrogens is 5. The molecule has 0 unspecified atom stereocenters. The van der Waals surface area contributed by atoms with Crippen molar-refractivity contribution in [3.8, 4) is 11.9 Å². The molecule has 3 aromatic rings. The summed E-state index contributed by atoms with van der Waals surface area (Å²) in [7, 11) is 0. The lowest BCUT2D eigenvalue weighted by molar-refractivity contribution is 0.139. The van der Waals surface area contributed by atoms with E-state index in [4.69, 9.17) is 16.9 Å². The zero-order valence-electron chi connectivity index (χ0n) is 18.1. The first-order valence-electron chi connectivity index (χ1n) is 10.6. The van der Waals surface area contributed by atoms with Crippen LogP contribution < -0.4 is 4.90 Å². The third kappa shape index (κ3) is 4.47. The molecular formula is C21H17ClF2N10O. The Balaban J connectivity index is 1.28. The molecule has 0 saturated carbocycles. The first kappa shape index (κ1) is 22.6. The minimum atomic E-state index is -0.682. The summed E-state index contributed by atoms with van der Waals surface area (Å²) in [5.74, 6) is -1.03. The Labute approximate surface area is 202 Å². The van der Waals surface area contributed by atoms with Crippen molar-refractivity contribution in [2.75, 3.05) is 31.1 Å². The molecule has 5 rings (SSSR count). The van der Waals surface area contributed by atoms with Crippen LogP contribution in [0.2, 0.25) is 5.28 Å². The first-order chi connectivity index (χ1) is 16.9. The summed E-state index contributed by atoms with van der Waals surface area (Å²) in [6.07, 6.45) is 4.31. The van der Waals surface area contributed by atoms with Gasteiger partial charge < -0.3 is 9.80 Å². The van der Waals surface area contributed by atoms with Crippen LogP contribution in [-0.2, 0) is 0 Å². The van der Waals surface area contributed by atoms with Crippen LogP contribution in [0.1, 0.15) is 23.6 Å². The van der Waals surface area contributed by atoms with E-state index in [1.807, 2.05) is 11.0 Å². The number of nitriles is 1. The lowest BCUT2D eigenvalue weighted by Crippen LogP contribution is -2.52. The second-order valence-corrected chi connectivity index (χ2v) is 8.17. The van der Waals surface area contributed by atoms with Crippen LogP contribution in [0, 0.1) is 23.0 Å². The van der Waals surface area contributed by atoms with Crippen LogP contribution in [-0.4, -0.2) is 73.1 Å². The number of hydrogen-bond acceptors (Lipinski definition) is 8. The van der Waals surface area contributed by atoms with Crippen molar-refractivity contribution in [1.82, 2.24) is 34.6 Å². The van der Waals surface area contributed by atoms with Crippen molar-refractivity contribution in [3.63, 3.8) is 0 Å². The van der Waals surface area contributed by atoms with Crippen LogP contribution in [0.3, 0.4) is 0 Å². The number of carbonyl (C=O) groups is 1. The van der Waals surface area contributed by atoms with Gasteiger partial charge in [0.15, 0.2) is 11.6 Å². The van der Waals surface area contributed by atoms with Crippen LogP contribution in [0.15, 0.2) is 35.8 Å². The number of anilines is 1. The maximum atomic E-state index is 14.2. The van der Waals surface area contributed by atoms with Gasteiger partial charge in [0.2, 0.25) is 11.2 Å². The quantitative estimate of drug-likeness (QED) is 0.544. The highest BCUT2D eigenvalue weighted by atomic mass is 35.5.